The Morgan fingerprint density at radius 3 is 2.59 bits per heavy atom. The third-order valence-electron chi connectivity index (χ3n) is 5.13. The van der Waals surface area contributed by atoms with Gasteiger partial charge in [-0.2, -0.15) is 0 Å². The quantitative estimate of drug-likeness (QED) is 0.201. The van der Waals surface area contributed by atoms with E-state index >= 15 is 0 Å². The zero-order valence-corrected chi connectivity index (χ0v) is 20.2. The zero-order valence-electron chi connectivity index (χ0n) is 18.6. The fraction of sp³-hybridized carbons (Fsp3) is 0.148. The van der Waals surface area contributed by atoms with Crippen LogP contribution in [0.25, 0.3) is 22.8 Å². The molecule has 1 heterocycles. The summed E-state index contributed by atoms with van der Waals surface area (Å²) in [6.45, 7) is 2.43. The van der Waals surface area contributed by atoms with Gasteiger partial charge in [0.1, 0.15) is 0 Å². The van der Waals surface area contributed by atoms with Gasteiger partial charge in [-0.25, -0.2) is 9.78 Å². The Morgan fingerprint density at radius 1 is 1.03 bits per heavy atom. The minimum Gasteiger partial charge on any atom is -0.462 e. The van der Waals surface area contributed by atoms with Crippen molar-refractivity contribution in [2.45, 2.75) is 19.8 Å². The van der Waals surface area contributed by atoms with Crippen LogP contribution in [0.3, 0.4) is 0 Å². The lowest BCUT2D eigenvalue weighted by Crippen LogP contribution is -2.13. The second-order valence-corrected chi connectivity index (χ2v) is 8.52. The first-order valence-electron chi connectivity index (χ1n) is 10.9. The fourth-order valence-electron chi connectivity index (χ4n) is 3.32. The van der Waals surface area contributed by atoms with E-state index in [1.807, 2.05) is 37.3 Å². The Bertz CT molecular complexity index is 1300. The molecule has 34 heavy (non-hydrogen) atoms. The summed E-state index contributed by atoms with van der Waals surface area (Å²) in [5, 5.41) is 2.87. The monoisotopic (exact) mass is 518 g/mol. The first kappa shape index (κ1) is 23.4. The van der Waals surface area contributed by atoms with Crippen LogP contribution >= 0.6 is 15.9 Å². The maximum Gasteiger partial charge on any atom is 0.338 e. The Labute approximate surface area is 206 Å². The number of nitrogens with one attached hydrogen (secondary N) is 1. The van der Waals surface area contributed by atoms with Gasteiger partial charge < -0.3 is 14.5 Å². The van der Waals surface area contributed by atoms with Crippen molar-refractivity contribution in [3.8, 4) is 22.8 Å². The number of oxazole rings is 1. The van der Waals surface area contributed by atoms with Crippen LogP contribution in [0.15, 0.2) is 87.9 Å². The number of carbonyl (C=O) groups is 2. The normalized spacial score (nSPS) is 10.6. The maximum absolute atomic E-state index is 13.0. The number of hydrogen-bond donors (Lipinski definition) is 1. The molecule has 6 nitrogen and oxygen atoms in total. The number of ether oxygens (including phenoxy) is 1. The van der Waals surface area contributed by atoms with Crippen molar-refractivity contribution in [2.75, 3.05) is 11.9 Å². The third kappa shape index (κ3) is 5.61. The van der Waals surface area contributed by atoms with E-state index in [2.05, 4.69) is 26.2 Å². The van der Waals surface area contributed by atoms with Crippen molar-refractivity contribution in [1.82, 2.24) is 4.98 Å². The van der Waals surface area contributed by atoms with Crippen LogP contribution in [0, 0.1) is 0 Å². The maximum atomic E-state index is 13.0. The second-order valence-electron chi connectivity index (χ2n) is 7.61. The highest BCUT2D eigenvalue weighted by molar-refractivity contribution is 9.10. The molecule has 0 aliphatic heterocycles. The van der Waals surface area contributed by atoms with Crippen molar-refractivity contribution >= 4 is 33.5 Å². The molecule has 0 unspecified atom stereocenters. The van der Waals surface area contributed by atoms with Crippen molar-refractivity contribution in [1.29, 1.82) is 0 Å². The molecule has 0 saturated heterocycles. The van der Waals surface area contributed by atoms with E-state index in [1.54, 1.807) is 48.7 Å². The zero-order chi connectivity index (χ0) is 23.9. The molecule has 1 N–H and O–H groups in total. The number of unbranched alkanes of at least 4 members (excludes halogenated alkanes) is 1. The third-order valence-corrected chi connectivity index (χ3v) is 5.62. The van der Waals surface area contributed by atoms with E-state index in [1.165, 1.54) is 0 Å². The van der Waals surface area contributed by atoms with Gasteiger partial charge >= 0.3 is 5.97 Å². The summed E-state index contributed by atoms with van der Waals surface area (Å²) in [4.78, 5) is 29.5. The van der Waals surface area contributed by atoms with Crippen LogP contribution in [0.1, 0.15) is 40.5 Å². The van der Waals surface area contributed by atoms with Crippen molar-refractivity contribution in [3.05, 3.63) is 94.6 Å². The average Bonchev–Trinajstić information content (AvgIpc) is 3.35. The number of nitrogens with zero attached hydrogens (tertiary/aromatic N) is 1. The fourth-order valence-corrected chi connectivity index (χ4v) is 3.72. The molecule has 7 heteroatoms. The lowest BCUT2D eigenvalue weighted by atomic mass is 10.1. The average molecular weight is 519 g/mol. The van der Waals surface area contributed by atoms with Crippen molar-refractivity contribution in [2.24, 2.45) is 0 Å². The Balaban J connectivity index is 1.50. The van der Waals surface area contributed by atoms with E-state index in [9.17, 15) is 9.59 Å². The molecule has 1 aromatic heterocycles. The molecule has 0 fully saturated rings. The highest BCUT2D eigenvalue weighted by atomic mass is 79.9. The molecule has 0 saturated carbocycles. The number of aromatic nitrogens is 1. The Hall–Kier alpha value is -3.71. The van der Waals surface area contributed by atoms with Gasteiger partial charge in [0, 0.05) is 21.3 Å². The molecule has 4 aromatic rings. The summed E-state index contributed by atoms with van der Waals surface area (Å²) < 4.78 is 12.1. The predicted octanol–water partition coefficient (Wildman–Crippen LogP) is 6.98. The van der Waals surface area contributed by atoms with E-state index in [-0.39, 0.29) is 11.9 Å². The van der Waals surface area contributed by atoms with Gasteiger partial charge in [-0.3, -0.25) is 4.79 Å². The van der Waals surface area contributed by atoms with Gasteiger partial charge in [0.15, 0.2) is 5.76 Å². The first-order valence-corrected chi connectivity index (χ1v) is 11.7. The van der Waals surface area contributed by atoms with Gasteiger partial charge in [-0.15, -0.1) is 0 Å². The van der Waals surface area contributed by atoms with Gasteiger partial charge in [0.05, 0.1) is 23.9 Å². The summed E-state index contributed by atoms with van der Waals surface area (Å²) >= 11 is 3.46. The summed E-state index contributed by atoms with van der Waals surface area (Å²) in [5.41, 5.74) is 2.88. The van der Waals surface area contributed by atoms with E-state index in [0.717, 1.165) is 22.9 Å². The summed E-state index contributed by atoms with van der Waals surface area (Å²) in [6.07, 6.45) is 3.43. The van der Waals surface area contributed by atoms with Gasteiger partial charge in [0.25, 0.3) is 5.91 Å². The number of amides is 1. The van der Waals surface area contributed by atoms with Crippen LogP contribution < -0.4 is 5.32 Å². The highest BCUT2D eigenvalue weighted by Crippen LogP contribution is 2.30. The number of hydrogen-bond acceptors (Lipinski definition) is 5. The molecule has 0 aliphatic rings. The van der Waals surface area contributed by atoms with Crippen LogP contribution in [0.2, 0.25) is 0 Å². The largest absolute Gasteiger partial charge is 0.462 e. The van der Waals surface area contributed by atoms with Crippen LogP contribution in [-0.4, -0.2) is 23.5 Å². The van der Waals surface area contributed by atoms with Crippen LogP contribution in [0.5, 0.6) is 0 Å². The summed E-state index contributed by atoms with van der Waals surface area (Å²) in [5.74, 6) is 0.275. The predicted molar refractivity (Wildman–Crippen MR) is 135 cm³/mol. The molecule has 0 radical (unpaired) electrons. The minimum absolute atomic E-state index is 0.309. The molecule has 0 atom stereocenters. The number of rotatable bonds is 8. The number of anilines is 1. The molecule has 0 bridgehead atoms. The standard InChI is InChI=1S/C27H23BrN2O4/c1-2-3-15-33-27(32)18-11-13-21(14-12-18)30-25(31)22-9-4-5-10-23(22)26-29-17-24(34-26)19-7-6-8-20(28)16-19/h4-14,16-17H,2-3,15H2,1H3,(H,30,31). The van der Waals surface area contributed by atoms with Crippen LogP contribution in [-0.2, 0) is 4.74 Å². The number of benzene rings is 3. The van der Waals surface area contributed by atoms with E-state index in [0.29, 0.717) is 40.6 Å². The Kier molecular flexibility index (Phi) is 7.54. The van der Waals surface area contributed by atoms with Gasteiger partial charge in [0.2, 0.25) is 5.89 Å². The molecule has 1 amide bonds. The summed E-state index contributed by atoms with van der Waals surface area (Å²) in [6, 6.07) is 21.4. The van der Waals surface area contributed by atoms with E-state index in [4.69, 9.17) is 9.15 Å². The first-order chi connectivity index (χ1) is 16.5. The minimum atomic E-state index is -0.373. The van der Waals surface area contributed by atoms with Gasteiger partial charge in [-0.05, 0) is 55.0 Å². The number of esters is 1. The Morgan fingerprint density at radius 2 is 1.82 bits per heavy atom. The molecular weight excluding hydrogens is 496 g/mol. The number of halogens is 1. The SMILES string of the molecule is CCCCOC(=O)c1ccc(NC(=O)c2ccccc2-c2ncc(-c3cccc(Br)c3)o2)cc1. The van der Waals surface area contributed by atoms with E-state index < -0.39 is 0 Å². The molecule has 3 aromatic carbocycles. The molecule has 4 rings (SSSR count). The lowest BCUT2D eigenvalue weighted by Gasteiger charge is -2.09. The highest BCUT2D eigenvalue weighted by Gasteiger charge is 2.17. The topological polar surface area (TPSA) is 81.4 Å². The lowest BCUT2D eigenvalue weighted by molar-refractivity contribution is 0.0499. The second kappa shape index (κ2) is 10.9. The van der Waals surface area contributed by atoms with Crippen molar-refractivity contribution < 1.29 is 18.7 Å². The number of carbonyl (C=O) groups excluding carboxylic acids is 2. The molecule has 0 spiro atoms. The smallest absolute Gasteiger partial charge is 0.338 e. The molecular formula is C27H23BrN2O4. The summed E-state index contributed by atoms with van der Waals surface area (Å²) in [7, 11) is 0. The molecule has 0 aliphatic carbocycles. The van der Waals surface area contributed by atoms with Crippen LogP contribution in [0.4, 0.5) is 5.69 Å². The van der Waals surface area contributed by atoms with Crippen molar-refractivity contribution in [3.63, 3.8) is 0 Å². The van der Waals surface area contributed by atoms with Gasteiger partial charge in [-0.1, -0.05) is 53.5 Å². The molecule has 172 valence electrons.